The number of methoxy groups -OCH3 is 1. The van der Waals surface area contributed by atoms with Crippen LogP contribution in [-0.2, 0) is 9.59 Å². The van der Waals surface area contributed by atoms with Gasteiger partial charge in [0, 0.05) is 55.3 Å². The largest absolute Gasteiger partial charge is 0.497 e. The van der Waals surface area contributed by atoms with E-state index in [0.717, 1.165) is 48.8 Å². The highest BCUT2D eigenvalue weighted by Gasteiger charge is 2.25. The van der Waals surface area contributed by atoms with Crippen LogP contribution in [0.2, 0.25) is 0 Å². The fourth-order valence-electron chi connectivity index (χ4n) is 4.34. The molecule has 10 heteroatoms. The summed E-state index contributed by atoms with van der Waals surface area (Å²) in [5, 5.41) is 17.3. The molecule has 0 radical (unpaired) electrons. The summed E-state index contributed by atoms with van der Waals surface area (Å²) in [5.41, 5.74) is 2.90. The highest BCUT2D eigenvalue weighted by molar-refractivity contribution is 5.95. The predicted octanol–water partition coefficient (Wildman–Crippen LogP) is 3.26. The average Bonchev–Trinajstić information content (AvgIpc) is 2.99. The van der Waals surface area contributed by atoms with Gasteiger partial charge in [0.1, 0.15) is 5.75 Å². The maximum atomic E-state index is 12.6. The van der Waals surface area contributed by atoms with Crippen LogP contribution in [-0.4, -0.2) is 61.2 Å². The van der Waals surface area contributed by atoms with E-state index in [4.69, 9.17) is 4.74 Å². The van der Waals surface area contributed by atoms with Gasteiger partial charge in [-0.05, 0) is 73.5 Å². The summed E-state index contributed by atoms with van der Waals surface area (Å²) in [6, 6.07) is 18.3. The Morgan fingerprint density at radius 1 is 0.897 bits per heavy atom. The van der Waals surface area contributed by atoms with Gasteiger partial charge in [-0.15, -0.1) is 10.2 Å². The number of rotatable bonds is 10. The number of carbonyl (C=O) groups excluding carboxylic acids is 3. The maximum absolute atomic E-state index is 12.6. The molecule has 0 saturated carbocycles. The van der Waals surface area contributed by atoms with Crippen molar-refractivity contribution >= 4 is 29.2 Å². The Labute approximate surface area is 228 Å². The quantitative estimate of drug-likeness (QED) is 0.344. The first-order chi connectivity index (χ1) is 19.0. The van der Waals surface area contributed by atoms with E-state index >= 15 is 0 Å². The number of nitrogens with one attached hydrogen (secondary N) is 3. The van der Waals surface area contributed by atoms with Gasteiger partial charge in [0.2, 0.25) is 11.8 Å². The first kappa shape index (κ1) is 27.6. The molecule has 1 aliphatic rings. The molecule has 1 saturated heterocycles. The molecule has 3 aromatic rings. The van der Waals surface area contributed by atoms with Gasteiger partial charge in [-0.3, -0.25) is 14.4 Å². The number of amides is 3. The van der Waals surface area contributed by atoms with E-state index in [2.05, 4.69) is 31.0 Å². The predicted molar refractivity (Wildman–Crippen MR) is 150 cm³/mol. The second-order valence-corrected chi connectivity index (χ2v) is 9.29. The molecule has 10 nitrogen and oxygen atoms in total. The summed E-state index contributed by atoms with van der Waals surface area (Å²) in [5.74, 6) is 1.21. The second kappa shape index (κ2) is 13.4. The molecule has 3 amide bonds. The molecule has 0 bridgehead atoms. The number of aromatic nitrogens is 2. The molecule has 0 spiro atoms. The van der Waals surface area contributed by atoms with Gasteiger partial charge in [-0.1, -0.05) is 6.92 Å². The normalized spacial score (nSPS) is 13.4. The van der Waals surface area contributed by atoms with E-state index in [9.17, 15) is 14.4 Å². The Balaban J connectivity index is 1.16. The molecular formula is C29H34N6O4. The minimum absolute atomic E-state index is 0.000792. The number of carbonyl (C=O) groups is 3. The van der Waals surface area contributed by atoms with Crippen molar-refractivity contribution < 1.29 is 19.1 Å². The van der Waals surface area contributed by atoms with Crippen molar-refractivity contribution in [2.75, 3.05) is 43.5 Å². The van der Waals surface area contributed by atoms with Crippen molar-refractivity contribution in [3.05, 3.63) is 66.2 Å². The fraction of sp³-hybridized carbons (Fsp3) is 0.345. The topological polar surface area (TPSA) is 126 Å². The zero-order valence-corrected chi connectivity index (χ0v) is 22.3. The molecule has 3 N–H and O–H groups in total. The fourth-order valence-corrected chi connectivity index (χ4v) is 4.34. The van der Waals surface area contributed by atoms with E-state index in [1.54, 1.807) is 38.3 Å². The van der Waals surface area contributed by atoms with E-state index in [0.29, 0.717) is 30.8 Å². The molecule has 0 unspecified atom stereocenters. The van der Waals surface area contributed by atoms with Gasteiger partial charge >= 0.3 is 0 Å². The Bertz CT molecular complexity index is 1250. The van der Waals surface area contributed by atoms with Gasteiger partial charge in [-0.25, -0.2) is 0 Å². The molecule has 2 aromatic carbocycles. The molecule has 204 valence electrons. The van der Waals surface area contributed by atoms with Gasteiger partial charge in [0.15, 0.2) is 5.82 Å². The van der Waals surface area contributed by atoms with Crippen LogP contribution < -0.4 is 25.6 Å². The van der Waals surface area contributed by atoms with E-state index < -0.39 is 0 Å². The summed E-state index contributed by atoms with van der Waals surface area (Å²) in [6.07, 6.45) is 1.84. The zero-order valence-electron chi connectivity index (χ0n) is 22.3. The van der Waals surface area contributed by atoms with Crippen LogP contribution in [0.15, 0.2) is 60.7 Å². The van der Waals surface area contributed by atoms with Crippen LogP contribution in [0.4, 0.5) is 11.5 Å². The smallest absolute Gasteiger partial charge is 0.251 e. The lowest BCUT2D eigenvalue weighted by Crippen LogP contribution is -2.42. The van der Waals surface area contributed by atoms with Crippen molar-refractivity contribution in [1.29, 1.82) is 0 Å². The number of hydrogen-bond donors (Lipinski definition) is 3. The number of benzene rings is 2. The van der Waals surface area contributed by atoms with Gasteiger partial charge < -0.3 is 25.6 Å². The molecule has 2 heterocycles. The monoisotopic (exact) mass is 530 g/mol. The maximum Gasteiger partial charge on any atom is 0.251 e. The number of piperidine rings is 1. The Kier molecular flexibility index (Phi) is 9.44. The Hall–Kier alpha value is -4.47. The van der Waals surface area contributed by atoms with Gasteiger partial charge in [0.05, 0.1) is 12.8 Å². The van der Waals surface area contributed by atoms with Crippen molar-refractivity contribution in [2.45, 2.75) is 26.2 Å². The SMILES string of the molecule is CCC(=O)Nc1ccc(C(=O)NCCNC(=O)C2CCN(c3ccc(-c4ccc(OC)cc4)nn3)CC2)cc1. The highest BCUT2D eigenvalue weighted by Crippen LogP contribution is 2.24. The number of nitrogens with zero attached hydrogens (tertiary/aromatic N) is 3. The van der Waals surface area contributed by atoms with Crippen molar-refractivity contribution in [3.63, 3.8) is 0 Å². The summed E-state index contributed by atoms with van der Waals surface area (Å²) in [6.45, 7) is 3.90. The van der Waals surface area contributed by atoms with Crippen molar-refractivity contribution in [3.8, 4) is 17.0 Å². The molecule has 1 aliphatic heterocycles. The number of anilines is 2. The lowest BCUT2D eigenvalue weighted by atomic mass is 9.96. The van der Waals surface area contributed by atoms with Crippen LogP contribution in [0.5, 0.6) is 5.75 Å². The molecule has 4 rings (SSSR count). The Morgan fingerprint density at radius 3 is 2.21 bits per heavy atom. The first-order valence-corrected chi connectivity index (χ1v) is 13.2. The second-order valence-electron chi connectivity index (χ2n) is 9.29. The van der Waals surface area contributed by atoms with Gasteiger partial charge in [-0.2, -0.15) is 0 Å². The molecular weight excluding hydrogens is 496 g/mol. The van der Waals surface area contributed by atoms with Crippen molar-refractivity contribution in [1.82, 2.24) is 20.8 Å². The summed E-state index contributed by atoms with van der Waals surface area (Å²) in [4.78, 5) is 38.6. The van der Waals surface area contributed by atoms with Crippen LogP contribution >= 0.6 is 0 Å². The summed E-state index contributed by atoms with van der Waals surface area (Å²) >= 11 is 0. The molecule has 39 heavy (non-hydrogen) atoms. The Morgan fingerprint density at radius 2 is 1.59 bits per heavy atom. The third kappa shape index (κ3) is 7.53. The first-order valence-electron chi connectivity index (χ1n) is 13.2. The number of hydrogen-bond acceptors (Lipinski definition) is 7. The lowest BCUT2D eigenvalue weighted by Gasteiger charge is -2.31. The lowest BCUT2D eigenvalue weighted by molar-refractivity contribution is -0.125. The van der Waals surface area contributed by atoms with Crippen LogP contribution in [0.1, 0.15) is 36.5 Å². The summed E-state index contributed by atoms with van der Waals surface area (Å²) in [7, 11) is 1.64. The van der Waals surface area contributed by atoms with Crippen molar-refractivity contribution in [2.24, 2.45) is 5.92 Å². The molecule has 1 fully saturated rings. The third-order valence-corrected chi connectivity index (χ3v) is 6.69. The minimum Gasteiger partial charge on any atom is -0.497 e. The van der Waals surface area contributed by atoms with E-state index in [1.165, 1.54) is 0 Å². The number of ether oxygens (including phenoxy) is 1. The molecule has 0 atom stereocenters. The highest BCUT2D eigenvalue weighted by atomic mass is 16.5. The van der Waals surface area contributed by atoms with Crippen LogP contribution in [0.25, 0.3) is 11.3 Å². The third-order valence-electron chi connectivity index (χ3n) is 6.69. The summed E-state index contributed by atoms with van der Waals surface area (Å²) < 4.78 is 5.20. The zero-order chi connectivity index (χ0) is 27.6. The van der Waals surface area contributed by atoms with Gasteiger partial charge in [0.25, 0.3) is 5.91 Å². The van der Waals surface area contributed by atoms with E-state index in [-0.39, 0.29) is 23.6 Å². The van der Waals surface area contributed by atoms with E-state index in [1.807, 2.05) is 36.4 Å². The minimum atomic E-state index is -0.231. The molecule has 1 aromatic heterocycles. The standard InChI is InChI=1S/C29H34N6O4/c1-3-27(36)32-23-8-4-21(5-9-23)28(37)30-16-17-31-29(38)22-14-18-35(19-15-22)26-13-12-25(33-34-26)20-6-10-24(39-2)11-7-20/h4-13,22H,3,14-19H2,1-2H3,(H,30,37)(H,31,38)(H,32,36). The van der Waals surface area contributed by atoms with Crippen LogP contribution in [0, 0.1) is 5.92 Å². The van der Waals surface area contributed by atoms with Crippen LogP contribution in [0.3, 0.4) is 0 Å². The molecule has 0 aliphatic carbocycles. The average molecular weight is 531 g/mol.